The van der Waals surface area contributed by atoms with Crippen LogP contribution in [0.25, 0.3) is 10.2 Å². The molecule has 0 atom stereocenters. The molecule has 0 saturated carbocycles. The average molecular weight is 436 g/mol. The molecule has 2 heterocycles. The molecule has 31 heavy (non-hydrogen) atoms. The minimum absolute atomic E-state index is 0.216. The monoisotopic (exact) mass is 435 g/mol. The molecular formula is C23H21N3O4S. The number of ether oxygens (including phenoxy) is 1. The first-order valence-corrected chi connectivity index (χ1v) is 10.8. The molecule has 2 aromatic carbocycles. The van der Waals surface area contributed by atoms with Crippen LogP contribution >= 0.6 is 11.3 Å². The quantitative estimate of drug-likeness (QED) is 0.437. The molecule has 1 saturated heterocycles. The predicted molar refractivity (Wildman–Crippen MR) is 119 cm³/mol. The van der Waals surface area contributed by atoms with Crippen LogP contribution in [0, 0.1) is 0 Å². The third-order valence-corrected chi connectivity index (χ3v) is 5.94. The van der Waals surface area contributed by atoms with E-state index in [1.54, 1.807) is 30.3 Å². The van der Waals surface area contributed by atoms with Gasteiger partial charge in [-0.2, -0.15) is 4.99 Å². The highest BCUT2D eigenvalue weighted by molar-refractivity contribution is 7.16. The van der Waals surface area contributed by atoms with E-state index in [1.165, 1.54) is 11.3 Å². The Balaban J connectivity index is 1.71. The molecule has 1 aliphatic heterocycles. The van der Waals surface area contributed by atoms with Gasteiger partial charge in [0.15, 0.2) is 4.80 Å². The first kappa shape index (κ1) is 20.7. The van der Waals surface area contributed by atoms with Crippen LogP contribution in [-0.2, 0) is 16.1 Å². The SMILES string of the molecule is C=CCn1c(=NC(=O)c2ccc(N3C(=O)CCC3=O)cc2)sc2cccc(OCC)c21. The number of para-hydroxylation sites is 1. The predicted octanol–water partition coefficient (Wildman–Crippen LogP) is 3.68. The van der Waals surface area contributed by atoms with Crippen molar-refractivity contribution in [3.63, 3.8) is 0 Å². The fourth-order valence-electron chi connectivity index (χ4n) is 3.52. The van der Waals surface area contributed by atoms with Crippen molar-refractivity contribution in [1.29, 1.82) is 0 Å². The van der Waals surface area contributed by atoms with E-state index >= 15 is 0 Å². The number of allylic oxidation sites excluding steroid dienone is 1. The Hall–Kier alpha value is -3.52. The Morgan fingerprint density at radius 3 is 2.52 bits per heavy atom. The summed E-state index contributed by atoms with van der Waals surface area (Å²) in [4.78, 5) is 42.7. The zero-order chi connectivity index (χ0) is 22.0. The number of thiazole rings is 1. The van der Waals surface area contributed by atoms with Gasteiger partial charge in [0.1, 0.15) is 11.3 Å². The minimum Gasteiger partial charge on any atom is -0.492 e. The number of carbonyl (C=O) groups is 3. The molecule has 158 valence electrons. The van der Waals surface area contributed by atoms with Crippen LogP contribution in [-0.4, -0.2) is 28.9 Å². The molecule has 7 nitrogen and oxygen atoms in total. The van der Waals surface area contributed by atoms with Crippen LogP contribution in [0.3, 0.4) is 0 Å². The Morgan fingerprint density at radius 2 is 1.87 bits per heavy atom. The van der Waals surface area contributed by atoms with Gasteiger partial charge in [-0.3, -0.25) is 19.3 Å². The molecule has 3 aromatic rings. The van der Waals surface area contributed by atoms with Crippen LogP contribution in [0.2, 0.25) is 0 Å². The summed E-state index contributed by atoms with van der Waals surface area (Å²) in [6.07, 6.45) is 2.18. The molecule has 0 bridgehead atoms. The van der Waals surface area contributed by atoms with E-state index in [4.69, 9.17) is 4.74 Å². The van der Waals surface area contributed by atoms with Crippen molar-refractivity contribution in [2.45, 2.75) is 26.3 Å². The molecule has 1 aliphatic rings. The van der Waals surface area contributed by atoms with Gasteiger partial charge in [0.2, 0.25) is 11.8 Å². The number of rotatable bonds is 6. The number of fused-ring (bicyclic) bond motifs is 1. The molecule has 3 amide bonds. The average Bonchev–Trinajstić information content (AvgIpc) is 3.28. The highest BCUT2D eigenvalue weighted by Gasteiger charge is 2.30. The van der Waals surface area contributed by atoms with Gasteiger partial charge in [0, 0.05) is 24.9 Å². The number of nitrogens with zero attached hydrogens (tertiary/aromatic N) is 3. The van der Waals surface area contributed by atoms with Gasteiger partial charge in [-0.25, -0.2) is 0 Å². The summed E-state index contributed by atoms with van der Waals surface area (Å²) >= 11 is 1.40. The number of benzene rings is 2. The van der Waals surface area contributed by atoms with Crippen LogP contribution in [0.15, 0.2) is 60.1 Å². The highest BCUT2D eigenvalue weighted by atomic mass is 32.1. The summed E-state index contributed by atoms with van der Waals surface area (Å²) in [5.74, 6) is -0.131. The maximum atomic E-state index is 12.8. The first-order chi connectivity index (χ1) is 15.0. The molecular weight excluding hydrogens is 414 g/mol. The van der Waals surface area contributed by atoms with E-state index in [0.29, 0.717) is 29.2 Å². The van der Waals surface area contributed by atoms with Crippen molar-refractivity contribution < 1.29 is 19.1 Å². The van der Waals surface area contributed by atoms with Gasteiger partial charge in [-0.15, -0.1) is 6.58 Å². The molecule has 0 N–H and O–H groups in total. The van der Waals surface area contributed by atoms with Gasteiger partial charge in [0.25, 0.3) is 5.91 Å². The van der Waals surface area contributed by atoms with Gasteiger partial charge >= 0.3 is 0 Å². The molecule has 0 unspecified atom stereocenters. The number of anilines is 1. The summed E-state index contributed by atoms with van der Waals surface area (Å²) in [7, 11) is 0. The lowest BCUT2D eigenvalue weighted by atomic mass is 10.2. The fourth-order valence-corrected chi connectivity index (χ4v) is 4.58. The minimum atomic E-state index is -0.409. The number of amides is 3. The van der Waals surface area contributed by atoms with Crippen LogP contribution < -0.4 is 14.4 Å². The van der Waals surface area contributed by atoms with Crippen molar-refractivity contribution in [3.8, 4) is 5.75 Å². The summed E-state index contributed by atoms with van der Waals surface area (Å²) in [6, 6.07) is 12.1. The Kier molecular flexibility index (Phi) is 5.81. The van der Waals surface area contributed by atoms with Gasteiger partial charge < -0.3 is 9.30 Å². The van der Waals surface area contributed by atoms with Crippen molar-refractivity contribution in [2.75, 3.05) is 11.5 Å². The lowest BCUT2D eigenvalue weighted by Crippen LogP contribution is -2.28. The lowest BCUT2D eigenvalue weighted by molar-refractivity contribution is -0.121. The Labute approximate surface area is 182 Å². The van der Waals surface area contributed by atoms with Crippen LogP contribution in [0.1, 0.15) is 30.1 Å². The molecule has 0 radical (unpaired) electrons. The van der Waals surface area contributed by atoms with Crippen molar-refractivity contribution >= 4 is 45.0 Å². The molecule has 0 spiro atoms. The smallest absolute Gasteiger partial charge is 0.279 e. The maximum absolute atomic E-state index is 12.8. The van der Waals surface area contributed by atoms with Gasteiger partial charge in [-0.05, 0) is 43.3 Å². The number of hydrogen-bond donors (Lipinski definition) is 0. The number of aromatic nitrogens is 1. The Morgan fingerprint density at radius 1 is 1.16 bits per heavy atom. The third kappa shape index (κ3) is 3.94. The lowest BCUT2D eigenvalue weighted by Gasteiger charge is -2.13. The highest BCUT2D eigenvalue weighted by Crippen LogP contribution is 2.28. The maximum Gasteiger partial charge on any atom is 0.279 e. The third-order valence-electron chi connectivity index (χ3n) is 4.90. The van der Waals surface area contributed by atoms with E-state index in [1.807, 2.05) is 29.7 Å². The van der Waals surface area contributed by atoms with Crippen molar-refractivity contribution in [2.24, 2.45) is 4.99 Å². The van der Waals surface area contributed by atoms with E-state index in [0.717, 1.165) is 20.9 Å². The number of imide groups is 1. The summed E-state index contributed by atoms with van der Waals surface area (Å²) in [5.41, 5.74) is 1.71. The van der Waals surface area contributed by atoms with Gasteiger partial charge in [-0.1, -0.05) is 23.5 Å². The molecule has 1 fully saturated rings. The van der Waals surface area contributed by atoms with Crippen LogP contribution in [0.5, 0.6) is 5.75 Å². The topological polar surface area (TPSA) is 81.0 Å². The normalized spacial score (nSPS) is 14.5. The van der Waals surface area contributed by atoms with Crippen LogP contribution in [0.4, 0.5) is 5.69 Å². The Bertz CT molecular complexity index is 1240. The zero-order valence-electron chi connectivity index (χ0n) is 17.0. The fraction of sp³-hybridized carbons (Fsp3) is 0.217. The van der Waals surface area contributed by atoms with Gasteiger partial charge in [0.05, 0.1) is 17.0 Å². The first-order valence-electron chi connectivity index (χ1n) is 9.94. The second-order valence-electron chi connectivity index (χ2n) is 6.91. The zero-order valence-corrected chi connectivity index (χ0v) is 17.9. The largest absolute Gasteiger partial charge is 0.492 e. The second-order valence-corrected chi connectivity index (χ2v) is 7.92. The number of hydrogen-bond acceptors (Lipinski definition) is 5. The van der Waals surface area contributed by atoms with E-state index < -0.39 is 5.91 Å². The summed E-state index contributed by atoms with van der Waals surface area (Å²) in [5, 5.41) is 0. The summed E-state index contributed by atoms with van der Waals surface area (Å²) in [6.45, 7) is 6.75. The molecule has 4 rings (SSSR count). The number of carbonyl (C=O) groups excluding carboxylic acids is 3. The summed E-state index contributed by atoms with van der Waals surface area (Å²) < 4.78 is 8.62. The van der Waals surface area contributed by atoms with E-state index in [-0.39, 0.29) is 24.7 Å². The molecule has 0 aliphatic carbocycles. The van der Waals surface area contributed by atoms with E-state index in [2.05, 4.69) is 11.6 Å². The molecule has 1 aromatic heterocycles. The van der Waals surface area contributed by atoms with Crippen molar-refractivity contribution in [3.05, 3.63) is 65.5 Å². The van der Waals surface area contributed by atoms with Crippen molar-refractivity contribution in [1.82, 2.24) is 4.57 Å². The standard InChI is InChI=1S/C23H21N3O4S/c1-3-14-25-21-17(30-4-2)6-5-7-18(21)31-23(25)24-22(29)15-8-10-16(11-9-15)26-19(27)12-13-20(26)28/h3,5-11H,1,4,12-14H2,2H3. The molecule has 8 heteroatoms. The second kappa shape index (κ2) is 8.69. The van der Waals surface area contributed by atoms with E-state index in [9.17, 15) is 14.4 Å².